The zero-order valence-electron chi connectivity index (χ0n) is 21.9. The Morgan fingerprint density at radius 1 is 0.930 bits per heavy atom. The van der Waals surface area contributed by atoms with Gasteiger partial charge in [0, 0.05) is 0 Å². The van der Waals surface area contributed by atoms with Crippen molar-refractivity contribution in [3.8, 4) is 16.9 Å². The summed E-state index contributed by atoms with van der Waals surface area (Å²) < 4.78 is 108. The standard InChI is InChI=1S/C27H22F3N3O7S3/c28-27(29,30)12-13-42(34,35)24(25-33-32-23(40-25)16-43(36,37)38)26-31-21-11-8-19(14-22(21)41-26)18-6-9-20(10-7-18)39-15-17-4-2-1-3-5-17/h1-11,14,24H,12-13,15-16H2,(H,36,37,38). The topological polar surface area (TPSA) is 150 Å². The number of alkyl halides is 3. The summed E-state index contributed by atoms with van der Waals surface area (Å²) in [5.74, 6) is -3.03. The van der Waals surface area contributed by atoms with E-state index < -0.39 is 61.1 Å². The molecule has 2 aromatic heterocycles. The van der Waals surface area contributed by atoms with Crippen LogP contribution < -0.4 is 4.74 Å². The van der Waals surface area contributed by atoms with Gasteiger partial charge in [-0.05, 0) is 41.0 Å². The molecule has 1 unspecified atom stereocenters. The summed E-state index contributed by atoms with van der Waals surface area (Å²) >= 11 is 0.909. The molecule has 0 aliphatic carbocycles. The lowest BCUT2D eigenvalue weighted by Crippen LogP contribution is -2.22. The molecule has 0 saturated heterocycles. The van der Waals surface area contributed by atoms with Crippen LogP contribution in [0, 0.1) is 0 Å². The maximum absolute atomic E-state index is 13.2. The van der Waals surface area contributed by atoms with Gasteiger partial charge >= 0.3 is 6.18 Å². The van der Waals surface area contributed by atoms with Gasteiger partial charge in [0.2, 0.25) is 11.8 Å². The Balaban J connectivity index is 1.44. The fourth-order valence-corrected chi connectivity index (χ4v) is 7.60. The van der Waals surface area contributed by atoms with Crippen LogP contribution >= 0.6 is 11.3 Å². The molecule has 0 radical (unpaired) electrons. The summed E-state index contributed by atoms with van der Waals surface area (Å²) in [5.41, 5.74) is 2.99. The number of halogens is 3. The average molecular weight is 654 g/mol. The summed E-state index contributed by atoms with van der Waals surface area (Å²) in [6.45, 7) is 0.403. The van der Waals surface area contributed by atoms with Gasteiger partial charge in [0.1, 0.15) is 17.4 Å². The second kappa shape index (κ2) is 12.0. The summed E-state index contributed by atoms with van der Waals surface area (Å²) in [5, 5.41) is 4.98. The van der Waals surface area contributed by atoms with Crippen molar-refractivity contribution in [2.45, 2.75) is 30.2 Å². The number of fused-ring (bicyclic) bond motifs is 1. The minimum absolute atomic E-state index is 0.138. The Hall–Kier alpha value is -3.86. The molecule has 43 heavy (non-hydrogen) atoms. The van der Waals surface area contributed by atoms with Gasteiger partial charge in [-0.2, -0.15) is 21.6 Å². The van der Waals surface area contributed by atoms with Crippen molar-refractivity contribution in [3.63, 3.8) is 0 Å². The number of thiazole rings is 1. The highest BCUT2D eigenvalue weighted by Crippen LogP contribution is 2.38. The van der Waals surface area contributed by atoms with E-state index in [1.807, 2.05) is 54.6 Å². The molecule has 0 spiro atoms. The van der Waals surface area contributed by atoms with Crippen molar-refractivity contribution in [2.75, 3.05) is 5.75 Å². The highest BCUT2D eigenvalue weighted by Gasteiger charge is 2.40. The van der Waals surface area contributed by atoms with E-state index in [4.69, 9.17) is 13.7 Å². The number of aromatic nitrogens is 3. The van der Waals surface area contributed by atoms with Crippen LogP contribution in [0.3, 0.4) is 0 Å². The van der Waals surface area contributed by atoms with Crippen LogP contribution in [0.1, 0.15) is 34.0 Å². The second-order valence-electron chi connectivity index (χ2n) is 9.41. The van der Waals surface area contributed by atoms with Crippen LogP contribution in [0.25, 0.3) is 21.3 Å². The number of hydrogen-bond acceptors (Lipinski definition) is 10. The molecule has 0 fully saturated rings. The minimum atomic E-state index is -4.76. The molecular weight excluding hydrogens is 632 g/mol. The molecule has 5 rings (SSSR count). The summed E-state index contributed by atoms with van der Waals surface area (Å²) in [4.78, 5) is 4.33. The molecule has 2 heterocycles. The zero-order valence-corrected chi connectivity index (χ0v) is 24.4. The Bertz CT molecular complexity index is 1940. The normalized spacial score (nSPS) is 13.3. The van der Waals surface area contributed by atoms with Crippen molar-refractivity contribution in [3.05, 3.63) is 95.1 Å². The third kappa shape index (κ3) is 7.95. The number of hydrogen-bond donors (Lipinski definition) is 1. The first-order chi connectivity index (χ1) is 20.3. The van der Waals surface area contributed by atoms with Gasteiger partial charge in [-0.15, -0.1) is 21.5 Å². The van der Waals surface area contributed by atoms with Gasteiger partial charge in [-0.25, -0.2) is 13.4 Å². The van der Waals surface area contributed by atoms with E-state index in [2.05, 4.69) is 15.2 Å². The molecule has 1 atom stereocenters. The lowest BCUT2D eigenvalue weighted by molar-refractivity contribution is -0.129. The predicted octanol–water partition coefficient (Wildman–Crippen LogP) is 5.77. The molecule has 5 aromatic rings. The fourth-order valence-electron chi connectivity index (χ4n) is 4.09. The van der Waals surface area contributed by atoms with Crippen molar-refractivity contribution >= 4 is 41.5 Å². The largest absolute Gasteiger partial charge is 0.489 e. The summed E-state index contributed by atoms with van der Waals surface area (Å²) in [7, 11) is -9.23. The number of nitrogens with zero attached hydrogens (tertiary/aromatic N) is 3. The van der Waals surface area contributed by atoms with Gasteiger partial charge in [-0.3, -0.25) is 4.55 Å². The maximum Gasteiger partial charge on any atom is 0.390 e. The minimum Gasteiger partial charge on any atom is -0.489 e. The number of benzene rings is 3. The van der Waals surface area contributed by atoms with Gasteiger partial charge in [0.15, 0.2) is 20.8 Å². The first kappa shape index (κ1) is 30.6. The quantitative estimate of drug-likeness (QED) is 0.174. The van der Waals surface area contributed by atoms with E-state index in [0.717, 1.165) is 28.0 Å². The van der Waals surface area contributed by atoms with E-state index in [1.165, 1.54) is 0 Å². The maximum atomic E-state index is 13.2. The Labute approximate surface area is 247 Å². The van der Waals surface area contributed by atoms with E-state index >= 15 is 0 Å². The van der Waals surface area contributed by atoms with E-state index in [0.29, 0.717) is 22.6 Å². The van der Waals surface area contributed by atoms with Gasteiger partial charge < -0.3 is 9.15 Å². The molecule has 0 amide bonds. The van der Waals surface area contributed by atoms with Crippen molar-refractivity contribution in [1.29, 1.82) is 0 Å². The number of ether oxygens (including phenoxy) is 1. The monoisotopic (exact) mass is 653 g/mol. The second-order valence-corrected chi connectivity index (χ2v) is 14.1. The van der Waals surface area contributed by atoms with Crippen LogP contribution in [-0.4, -0.2) is 48.5 Å². The van der Waals surface area contributed by atoms with Gasteiger partial charge in [0.05, 0.1) is 22.4 Å². The van der Waals surface area contributed by atoms with E-state index in [1.54, 1.807) is 18.2 Å². The summed E-state index contributed by atoms with van der Waals surface area (Å²) in [6, 6.07) is 22.1. The van der Waals surface area contributed by atoms with Crippen LogP contribution in [0.15, 0.2) is 77.2 Å². The van der Waals surface area contributed by atoms with Crippen LogP contribution in [0.2, 0.25) is 0 Å². The van der Waals surface area contributed by atoms with Crippen molar-refractivity contribution in [2.24, 2.45) is 0 Å². The molecule has 0 aliphatic rings. The molecule has 0 aliphatic heterocycles. The first-order valence-corrected chi connectivity index (χ1v) is 16.6. The lowest BCUT2D eigenvalue weighted by Gasteiger charge is -2.13. The summed E-state index contributed by atoms with van der Waals surface area (Å²) in [6.07, 6.45) is -6.38. The highest BCUT2D eigenvalue weighted by molar-refractivity contribution is 7.92. The van der Waals surface area contributed by atoms with Gasteiger partial charge in [-0.1, -0.05) is 48.5 Å². The molecular formula is C27H22F3N3O7S3. The first-order valence-electron chi connectivity index (χ1n) is 12.5. The molecule has 10 nitrogen and oxygen atoms in total. The molecule has 226 valence electrons. The van der Waals surface area contributed by atoms with Crippen molar-refractivity contribution in [1.82, 2.24) is 15.2 Å². The Kier molecular flexibility index (Phi) is 8.56. The average Bonchev–Trinajstić information content (AvgIpc) is 3.56. The lowest BCUT2D eigenvalue weighted by atomic mass is 10.1. The molecule has 0 bridgehead atoms. The number of rotatable bonds is 11. The SMILES string of the molecule is O=S(=O)(O)Cc1nnc(C(c2nc3ccc(-c4ccc(OCc5ccccc5)cc4)cc3s2)S(=O)(=O)CCC(F)(F)F)o1. The molecule has 3 aromatic carbocycles. The van der Waals surface area contributed by atoms with E-state index in [-0.39, 0.29) is 5.01 Å². The van der Waals surface area contributed by atoms with E-state index in [9.17, 15) is 30.0 Å². The highest BCUT2D eigenvalue weighted by atomic mass is 32.2. The van der Waals surface area contributed by atoms with Crippen LogP contribution in [0.5, 0.6) is 5.75 Å². The van der Waals surface area contributed by atoms with Gasteiger partial charge in [0.25, 0.3) is 10.1 Å². The number of sulfone groups is 1. The smallest absolute Gasteiger partial charge is 0.390 e. The predicted molar refractivity (Wildman–Crippen MR) is 152 cm³/mol. The zero-order chi connectivity index (χ0) is 30.8. The van der Waals surface area contributed by atoms with Crippen LogP contribution in [0.4, 0.5) is 13.2 Å². The molecule has 16 heteroatoms. The molecule has 0 saturated carbocycles. The molecule has 1 N–H and O–H groups in total. The Morgan fingerprint density at radius 3 is 2.30 bits per heavy atom. The van der Waals surface area contributed by atoms with Crippen LogP contribution in [-0.2, 0) is 32.3 Å². The fraction of sp³-hybridized carbons (Fsp3) is 0.222. The third-order valence-corrected chi connectivity index (χ3v) is 9.87. The Morgan fingerprint density at radius 2 is 1.63 bits per heavy atom. The third-order valence-electron chi connectivity index (χ3n) is 6.11. The van der Waals surface area contributed by atoms with Crippen molar-refractivity contribution < 1.29 is 43.7 Å².